The molecule has 0 bridgehead atoms. The zero-order valence-corrected chi connectivity index (χ0v) is 13.4. The van der Waals surface area contributed by atoms with Gasteiger partial charge in [0.25, 0.3) is 0 Å². The predicted octanol–water partition coefficient (Wildman–Crippen LogP) is 2.18. The molecule has 0 aromatic heterocycles. The highest BCUT2D eigenvalue weighted by Gasteiger charge is 2.37. The van der Waals surface area contributed by atoms with Gasteiger partial charge >= 0.3 is 0 Å². The molecule has 0 spiro atoms. The molecule has 20 heavy (non-hydrogen) atoms. The summed E-state index contributed by atoms with van der Waals surface area (Å²) in [6.07, 6.45) is 8.99. The van der Waals surface area contributed by atoms with Crippen molar-refractivity contribution in [2.24, 2.45) is 0 Å². The molecule has 0 radical (unpaired) electrons. The fourth-order valence-electron chi connectivity index (χ4n) is 3.38. The van der Waals surface area contributed by atoms with Crippen LogP contribution >= 0.6 is 11.8 Å². The number of hydrogen-bond donors (Lipinski definition) is 1. The summed E-state index contributed by atoms with van der Waals surface area (Å²) in [6, 6.07) is 0.0118. The number of hydrogen-bond acceptors (Lipinski definition) is 3. The molecule has 2 fully saturated rings. The van der Waals surface area contributed by atoms with Crippen LogP contribution in [0.3, 0.4) is 0 Å². The number of thioether (sulfide) groups is 1. The Morgan fingerprint density at radius 3 is 2.75 bits per heavy atom. The standard InChI is InChI=1S/C15H26N2O2S/c1-3-6-11-15(19)17(10-9-14(18)16-11)12-7-4-5-8-13(12)20-2/h11-13H,3-10H2,1-2H3,(H,16,18). The van der Waals surface area contributed by atoms with E-state index >= 15 is 0 Å². The molecular weight excluding hydrogens is 272 g/mol. The number of nitrogens with one attached hydrogen (secondary N) is 1. The van der Waals surface area contributed by atoms with Crippen LogP contribution in [0.5, 0.6) is 0 Å². The number of carbonyl (C=O) groups is 2. The Balaban J connectivity index is 2.14. The second kappa shape index (κ2) is 7.34. The fourth-order valence-corrected chi connectivity index (χ4v) is 4.38. The zero-order chi connectivity index (χ0) is 14.5. The van der Waals surface area contributed by atoms with E-state index in [-0.39, 0.29) is 17.9 Å². The smallest absolute Gasteiger partial charge is 0.245 e. The van der Waals surface area contributed by atoms with E-state index in [0.717, 1.165) is 19.3 Å². The average Bonchev–Trinajstić information content (AvgIpc) is 2.59. The van der Waals surface area contributed by atoms with Gasteiger partial charge in [0.2, 0.25) is 11.8 Å². The zero-order valence-electron chi connectivity index (χ0n) is 12.6. The van der Waals surface area contributed by atoms with Gasteiger partial charge in [-0.3, -0.25) is 9.59 Å². The molecule has 1 N–H and O–H groups in total. The summed E-state index contributed by atoms with van der Waals surface area (Å²) in [5.74, 6) is 0.166. The highest BCUT2D eigenvalue weighted by Crippen LogP contribution is 2.31. The quantitative estimate of drug-likeness (QED) is 0.865. The summed E-state index contributed by atoms with van der Waals surface area (Å²) in [4.78, 5) is 26.6. The summed E-state index contributed by atoms with van der Waals surface area (Å²) < 4.78 is 0. The van der Waals surface area contributed by atoms with Gasteiger partial charge in [0.1, 0.15) is 6.04 Å². The SMILES string of the molecule is CCCC1NC(=O)CCN(C2CCCCC2SC)C1=O. The summed E-state index contributed by atoms with van der Waals surface area (Å²) in [5.41, 5.74) is 0. The van der Waals surface area contributed by atoms with Crippen LogP contribution in [0, 0.1) is 0 Å². The van der Waals surface area contributed by atoms with Crippen molar-refractivity contribution >= 4 is 23.6 Å². The first-order valence-electron chi connectivity index (χ1n) is 7.80. The monoisotopic (exact) mass is 298 g/mol. The van der Waals surface area contributed by atoms with Crippen LogP contribution < -0.4 is 5.32 Å². The van der Waals surface area contributed by atoms with E-state index in [1.54, 1.807) is 0 Å². The summed E-state index contributed by atoms with van der Waals surface area (Å²) >= 11 is 1.87. The highest BCUT2D eigenvalue weighted by molar-refractivity contribution is 7.99. The van der Waals surface area contributed by atoms with E-state index < -0.39 is 0 Å². The molecule has 0 aromatic rings. The molecule has 3 atom stereocenters. The maximum absolute atomic E-state index is 12.7. The fraction of sp³-hybridized carbons (Fsp3) is 0.867. The number of nitrogens with zero attached hydrogens (tertiary/aromatic N) is 1. The van der Waals surface area contributed by atoms with Crippen molar-refractivity contribution in [3.8, 4) is 0 Å². The van der Waals surface area contributed by atoms with Crippen molar-refractivity contribution < 1.29 is 9.59 Å². The van der Waals surface area contributed by atoms with E-state index in [0.29, 0.717) is 24.3 Å². The van der Waals surface area contributed by atoms with Crippen molar-refractivity contribution in [1.29, 1.82) is 0 Å². The van der Waals surface area contributed by atoms with Crippen LogP contribution in [0.2, 0.25) is 0 Å². The van der Waals surface area contributed by atoms with Gasteiger partial charge < -0.3 is 10.2 Å². The van der Waals surface area contributed by atoms with E-state index in [1.807, 2.05) is 16.7 Å². The molecule has 2 amide bonds. The Bertz CT molecular complexity index is 362. The molecule has 0 aromatic carbocycles. The van der Waals surface area contributed by atoms with Gasteiger partial charge in [-0.25, -0.2) is 0 Å². The molecule has 1 saturated carbocycles. The minimum atomic E-state index is -0.306. The van der Waals surface area contributed by atoms with Crippen LogP contribution in [-0.2, 0) is 9.59 Å². The second-order valence-electron chi connectivity index (χ2n) is 5.82. The Morgan fingerprint density at radius 1 is 1.30 bits per heavy atom. The van der Waals surface area contributed by atoms with Gasteiger partial charge in [-0.1, -0.05) is 26.2 Å². The lowest BCUT2D eigenvalue weighted by Gasteiger charge is -2.39. The third-order valence-corrected chi connectivity index (χ3v) is 5.60. The Morgan fingerprint density at radius 2 is 2.05 bits per heavy atom. The molecule has 2 rings (SSSR count). The lowest BCUT2D eigenvalue weighted by atomic mass is 9.93. The molecule has 1 aliphatic carbocycles. The minimum absolute atomic E-state index is 0.0239. The average molecular weight is 298 g/mol. The minimum Gasteiger partial charge on any atom is -0.344 e. The Kier molecular flexibility index (Phi) is 5.75. The lowest BCUT2D eigenvalue weighted by Crippen LogP contribution is -2.52. The van der Waals surface area contributed by atoms with Crippen LogP contribution in [0.1, 0.15) is 51.9 Å². The topological polar surface area (TPSA) is 49.4 Å². The van der Waals surface area contributed by atoms with Crippen LogP contribution in [-0.4, -0.2) is 46.8 Å². The predicted molar refractivity (Wildman–Crippen MR) is 82.7 cm³/mol. The molecule has 1 saturated heterocycles. The molecule has 5 heteroatoms. The van der Waals surface area contributed by atoms with E-state index in [4.69, 9.17) is 0 Å². The van der Waals surface area contributed by atoms with Gasteiger partial charge in [-0.15, -0.1) is 0 Å². The molecule has 2 aliphatic rings. The second-order valence-corrected chi connectivity index (χ2v) is 6.89. The Labute approximate surface area is 126 Å². The lowest BCUT2D eigenvalue weighted by molar-refractivity contribution is -0.136. The van der Waals surface area contributed by atoms with Crippen LogP contribution in [0.4, 0.5) is 0 Å². The van der Waals surface area contributed by atoms with Crippen molar-refractivity contribution in [1.82, 2.24) is 10.2 Å². The summed E-state index contributed by atoms with van der Waals surface area (Å²) in [6.45, 7) is 2.65. The van der Waals surface area contributed by atoms with Gasteiger partial charge in [0.05, 0.1) is 0 Å². The molecule has 4 nitrogen and oxygen atoms in total. The first-order chi connectivity index (χ1) is 9.67. The van der Waals surface area contributed by atoms with Crippen molar-refractivity contribution in [3.63, 3.8) is 0 Å². The van der Waals surface area contributed by atoms with Crippen LogP contribution in [0.25, 0.3) is 0 Å². The van der Waals surface area contributed by atoms with Gasteiger partial charge in [0.15, 0.2) is 0 Å². The van der Waals surface area contributed by atoms with Crippen LogP contribution in [0.15, 0.2) is 0 Å². The van der Waals surface area contributed by atoms with E-state index in [1.165, 1.54) is 19.3 Å². The maximum atomic E-state index is 12.7. The van der Waals surface area contributed by atoms with Gasteiger partial charge in [0, 0.05) is 24.3 Å². The van der Waals surface area contributed by atoms with Crippen molar-refractivity contribution in [3.05, 3.63) is 0 Å². The maximum Gasteiger partial charge on any atom is 0.245 e. The first kappa shape index (κ1) is 15.7. The van der Waals surface area contributed by atoms with E-state index in [2.05, 4.69) is 18.5 Å². The number of carbonyl (C=O) groups excluding carboxylic acids is 2. The molecule has 3 unspecified atom stereocenters. The molecule has 1 heterocycles. The van der Waals surface area contributed by atoms with Crippen molar-refractivity contribution in [2.45, 2.75) is 69.2 Å². The molecular formula is C15H26N2O2S. The highest BCUT2D eigenvalue weighted by atomic mass is 32.2. The Hall–Kier alpha value is -0.710. The summed E-state index contributed by atoms with van der Waals surface area (Å²) in [5, 5.41) is 3.43. The normalized spacial score (nSPS) is 31.9. The molecule has 114 valence electrons. The number of amides is 2. The van der Waals surface area contributed by atoms with Crippen molar-refractivity contribution in [2.75, 3.05) is 12.8 Å². The third kappa shape index (κ3) is 3.48. The van der Waals surface area contributed by atoms with E-state index in [9.17, 15) is 9.59 Å². The number of rotatable bonds is 4. The van der Waals surface area contributed by atoms with Gasteiger partial charge in [-0.05, 0) is 25.5 Å². The first-order valence-corrected chi connectivity index (χ1v) is 9.08. The third-order valence-electron chi connectivity index (χ3n) is 4.44. The van der Waals surface area contributed by atoms with Gasteiger partial charge in [-0.2, -0.15) is 11.8 Å². The summed E-state index contributed by atoms with van der Waals surface area (Å²) in [7, 11) is 0. The largest absolute Gasteiger partial charge is 0.344 e. The molecule has 1 aliphatic heterocycles.